The third kappa shape index (κ3) is 3.09. The van der Waals surface area contributed by atoms with E-state index >= 15 is 0 Å². The molecule has 1 amide bonds. The number of carbonyl (C=O) groups excluding carboxylic acids is 1. The lowest BCUT2D eigenvalue weighted by molar-refractivity contribution is -0.00555. The van der Waals surface area contributed by atoms with Crippen molar-refractivity contribution >= 4 is 38.3 Å². The second-order valence-electron chi connectivity index (χ2n) is 8.41. The van der Waals surface area contributed by atoms with Gasteiger partial charge in [-0.05, 0) is 90.4 Å². The van der Waals surface area contributed by atoms with Gasteiger partial charge in [-0.1, -0.05) is 11.3 Å². The summed E-state index contributed by atoms with van der Waals surface area (Å²) in [7, 11) is 1.59. The van der Waals surface area contributed by atoms with Gasteiger partial charge in [0, 0.05) is 9.89 Å². The number of carbonyl (C=O) groups is 1. The number of nitrogens with one attached hydrogen (secondary N) is 1. The van der Waals surface area contributed by atoms with Crippen molar-refractivity contribution in [2.45, 2.75) is 43.9 Å². The van der Waals surface area contributed by atoms with Crippen molar-refractivity contribution in [1.82, 2.24) is 10.2 Å². The molecule has 4 bridgehead atoms. The molecule has 6 rings (SSSR count). The van der Waals surface area contributed by atoms with Crippen LogP contribution in [0.2, 0.25) is 0 Å². The molecule has 0 radical (unpaired) electrons. The molecule has 4 aliphatic rings. The van der Waals surface area contributed by atoms with E-state index < -0.39 is 0 Å². The van der Waals surface area contributed by atoms with Crippen LogP contribution in [0.4, 0.5) is 5.13 Å². The van der Waals surface area contributed by atoms with Gasteiger partial charge in [-0.3, -0.25) is 10.1 Å². The van der Waals surface area contributed by atoms with Crippen molar-refractivity contribution in [3.8, 4) is 5.75 Å². The van der Waals surface area contributed by atoms with Crippen LogP contribution in [0.15, 0.2) is 22.7 Å². The third-order valence-electron chi connectivity index (χ3n) is 6.56. The minimum absolute atomic E-state index is 0.200. The molecule has 7 heteroatoms. The van der Waals surface area contributed by atoms with Gasteiger partial charge in [-0.2, -0.15) is 0 Å². The Bertz CT molecular complexity index is 862. The van der Waals surface area contributed by atoms with E-state index in [0.717, 1.165) is 27.2 Å². The van der Waals surface area contributed by atoms with Gasteiger partial charge >= 0.3 is 0 Å². The molecule has 0 atom stereocenters. The average molecular weight is 448 g/mol. The second kappa shape index (κ2) is 6.55. The van der Waals surface area contributed by atoms with Crippen LogP contribution in [0.25, 0.3) is 0 Å². The van der Waals surface area contributed by atoms with Crippen LogP contribution >= 0.6 is 27.3 Å². The summed E-state index contributed by atoms with van der Waals surface area (Å²) in [5.41, 5.74) is 0.743. The molecular formula is C20H22BrN3O2S. The molecule has 1 aromatic heterocycles. The summed E-state index contributed by atoms with van der Waals surface area (Å²) in [6.45, 7) is 0. The van der Waals surface area contributed by atoms with Gasteiger partial charge in [0.05, 0.1) is 12.7 Å². The monoisotopic (exact) mass is 447 g/mol. The molecule has 4 saturated carbocycles. The number of nitrogens with zero attached hydrogens (tertiary/aromatic N) is 2. The number of anilines is 1. The fourth-order valence-electron chi connectivity index (χ4n) is 5.83. The lowest BCUT2D eigenvalue weighted by Crippen LogP contribution is -2.48. The van der Waals surface area contributed by atoms with E-state index in [0.29, 0.717) is 16.4 Å². The first kappa shape index (κ1) is 17.6. The van der Waals surface area contributed by atoms with Gasteiger partial charge < -0.3 is 4.74 Å². The van der Waals surface area contributed by atoms with Crippen LogP contribution in [0.1, 0.15) is 53.9 Å². The number of amides is 1. The molecule has 0 spiro atoms. The maximum Gasteiger partial charge on any atom is 0.258 e. The number of ether oxygens (including phenoxy) is 1. The zero-order valence-corrected chi connectivity index (χ0v) is 17.6. The van der Waals surface area contributed by atoms with E-state index in [4.69, 9.17) is 4.74 Å². The van der Waals surface area contributed by atoms with Crippen LogP contribution in [0.5, 0.6) is 5.75 Å². The Morgan fingerprint density at radius 3 is 2.48 bits per heavy atom. The van der Waals surface area contributed by atoms with E-state index in [1.165, 1.54) is 38.5 Å². The quantitative estimate of drug-likeness (QED) is 0.713. The number of methoxy groups -OCH3 is 1. The molecule has 27 heavy (non-hydrogen) atoms. The first-order valence-electron chi connectivity index (χ1n) is 9.53. The molecule has 1 heterocycles. The Morgan fingerprint density at radius 1 is 1.19 bits per heavy atom. The summed E-state index contributed by atoms with van der Waals surface area (Å²) < 4.78 is 5.95. The summed E-state index contributed by atoms with van der Waals surface area (Å²) in [6, 6.07) is 5.35. The molecule has 4 fully saturated rings. The molecule has 1 aromatic carbocycles. The van der Waals surface area contributed by atoms with E-state index in [1.807, 2.05) is 12.1 Å². The Hall–Kier alpha value is -1.47. The molecule has 5 nitrogen and oxygen atoms in total. The highest BCUT2D eigenvalue weighted by molar-refractivity contribution is 9.10. The minimum atomic E-state index is -0.200. The molecule has 0 unspecified atom stereocenters. The lowest BCUT2D eigenvalue weighted by atomic mass is 9.50. The molecule has 0 saturated heterocycles. The van der Waals surface area contributed by atoms with Crippen LogP contribution in [0, 0.1) is 17.8 Å². The molecule has 4 aliphatic carbocycles. The lowest BCUT2D eigenvalue weighted by Gasteiger charge is -2.55. The summed E-state index contributed by atoms with van der Waals surface area (Å²) in [6.07, 6.45) is 7.98. The Balaban J connectivity index is 1.37. The summed E-state index contributed by atoms with van der Waals surface area (Å²) in [5, 5.41) is 13.5. The van der Waals surface area contributed by atoms with Gasteiger partial charge in [0.2, 0.25) is 5.13 Å². The fraction of sp³-hybridized carbons (Fsp3) is 0.550. The van der Waals surface area contributed by atoms with E-state index in [-0.39, 0.29) is 11.3 Å². The Morgan fingerprint density at radius 2 is 1.85 bits per heavy atom. The number of rotatable bonds is 4. The predicted octanol–water partition coefficient (Wildman–Crippen LogP) is 5.03. The summed E-state index contributed by atoms with van der Waals surface area (Å²) in [5.74, 6) is 3.05. The van der Waals surface area contributed by atoms with Gasteiger partial charge in [0.15, 0.2) is 0 Å². The maximum absolute atomic E-state index is 12.7. The van der Waals surface area contributed by atoms with Crippen molar-refractivity contribution in [3.63, 3.8) is 0 Å². The normalized spacial score (nSPS) is 31.1. The molecule has 1 N–H and O–H groups in total. The number of hydrogen-bond donors (Lipinski definition) is 1. The average Bonchev–Trinajstić information content (AvgIpc) is 3.10. The zero-order chi connectivity index (χ0) is 18.6. The minimum Gasteiger partial charge on any atom is -0.497 e. The Labute approximate surface area is 171 Å². The van der Waals surface area contributed by atoms with Crippen LogP contribution in [-0.4, -0.2) is 23.2 Å². The fourth-order valence-corrected chi connectivity index (χ4v) is 7.21. The number of hydrogen-bond acceptors (Lipinski definition) is 5. The second-order valence-corrected chi connectivity index (χ2v) is 10.2. The van der Waals surface area contributed by atoms with Crippen molar-refractivity contribution in [2.24, 2.45) is 17.8 Å². The molecule has 2 aromatic rings. The van der Waals surface area contributed by atoms with Crippen molar-refractivity contribution in [1.29, 1.82) is 0 Å². The maximum atomic E-state index is 12.7. The van der Waals surface area contributed by atoms with E-state index in [1.54, 1.807) is 24.5 Å². The highest BCUT2D eigenvalue weighted by Gasteiger charge is 2.53. The smallest absolute Gasteiger partial charge is 0.258 e. The van der Waals surface area contributed by atoms with Gasteiger partial charge in [-0.25, -0.2) is 0 Å². The number of aromatic nitrogens is 2. The van der Waals surface area contributed by atoms with Crippen molar-refractivity contribution < 1.29 is 9.53 Å². The number of halogens is 1. The van der Waals surface area contributed by atoms with E-state index in [2.05, 4.69) is 31.4 Å². The van der Waals surface area contributed by atoms with Gasteiger partial charge in [-0.15, -0.1) is 10.2 Å². The van der Waals surface area contributed by atoms with Gasteiger partial charge in [0.1, 0.15) is 10.8 Å². The molecule has 142 valence electrons. The molecular weight excluding hydrogens is 426 g/mol. The first-order valence-corrected chi connectivity index (χ1v) is 11.1. The van der Waals surface area contributed by atoms with Gasteiger partial charge in [0.25, 0.3) is 5.91 Å². The topological polar surface area (TPSA) is 64.1 Å². The number of benzene rings is 1. The molecule has 0 aliphatic heterocycles. The van der Waals surface area contributed by atoms with Crippen LogP contribution < -0.4 is 10.1 Å². The SMILES string of the molecule is COc1ccc(Br)c(C(=O)Nc2nnc(C34CC5CC(CC(C5)C3)C4)s2)c1. The largest absolute Gasteiger partial charge is 0.497 e. The third-order valence-corrected chi connectivity index (χ3v) is 8.33. The van der Waals surface area contributed by atoms with Crippen molar-refractivity contribution in [3.05, 3.63) is 33.2 Å². The van der Waals surface area contributed by atoms with Crippen molar-refractivity contribution in [2.75, 3.05) is 12.4 Å². The highest BCUT2D eigenvalue weighted by Crippen LogP contribution is 2.61. The summed E-state index contributed by atoms with van der Waals surface area (Å²) in [4.78, 5) is 12.7. The highest BCUT2D eigenvalue weighted by atomic mass is 79.9. The summed E-state index contributed by atoms with van der Waals surface area (Å²) >= 11 is 5.00. The van der Waals surface area contributed by atoms with Crippen LogP contribution in [-0.2, 0) is 5.41 Å². The zero-order valence-electron chi connectivity index (χ0n) is 15.2. The van der Waals surface area contributed by atoms with Crippen LogP contribution in [0.3, 0.4) is 0 Å². The Kier molecular flexibility index (Phi) is 4.27. The first-order chi connectivity index (χ1) is 13.0. The standard InChI is InChI=1S/C20H22BrN3O2S/c1-26-14-2-3-16(21)15(7-14)17(25)22-19-24-23-18(27-19)20-8-11-4-12(9-20)6-13(5-11)10-20/h2-3,7,11-13H,4-6,8-10H2,1H3,(H,22,24,25). The predicted molar refractivity (Wildman–Crippen MR) is 108 cm³/mol. The van der Waals surface area contributed by atoms with E-state index in [9.17, 15) is 4.79 Å².